The van der Waals surface area contributed by atoms with E-state index < -0.39 is 0 Å². The third kappa shape index (κ3) is 4.67. The Hall–Kier alpha value is -2.38. The summed E-state index contributed by atoms with van der Waals surface area (Å²) in [5, 5.41) is 10.2. The van der Waals surface area contributed by atoms with E-state index in [0.29, 0.717) is 18.7 Å². The standard InChI is InChI=1S/C19H25N5O2.ClH/c1-20-18(25)14-6-4-13(5-7-14)11-23(2)19(26)17-10-21-9-16(17)15-8-22-24(3)12-15;/h4-8,12,16-17,21H,9-11H2,1-3H3,(H,20,25);1H/t16-,17+;/m1./s1. The first kappa shape index (κ1) is 20.9. The van der Waals surface area contributed by atoms with E-state index in [1.165, 1.54) is 0 Å². The number of carbonyl (C=O) groups is 2. The van der Waals surface area contributed by atoms with Gasteiger partial charge in [0.05, 0.1) is 12.1 Å². The van der Waals surface area contributed by atoms with Gasteiger partial charge in [0.1, 0.15) is 0 Å². The van der Waals surface area contributed by atoms with Crippen LogP contribution in [0, 0.1) is 5.92 Å². The predicted molar refractivity (Wildman–Crippen MR) is 106 cm³/mol. The molecular weight excluding hydrogens is 366 g/mol. The van der Waals surface area contributed by atoms with Crippen molar-refractivity contribution in [3.8, 4) is 0 Å². The average Bonchev–Trinajstić information content (AvgIpc) is 3.29. The van der Waals surface area contributed by atoms with Crippen molar-refractivity contribution < 1.29 is 9.59 Å². The van der Waals surface area contributed by atoms with E-state index in [4.69, 9.17) is 0 Å². The van der Waals surface area contributed by atoms with Gasteiger partial charge < -0.3 is 15.5 Å². The average molecular weight is 392 g/mol. The van der Waals surface area contributed by atoms with Crippen LogP contribution in [0.2, 0.25) is 0 Å². The maximum absolute atomic E-state index is 13.0. The van der Waals surface area contributed by atoms with Crippen LogP contribution in [0.5, 0.6) is 0 Å². The summed E-state index contributed by atoms with van der Waals surface area (Å²) in [6.45, 7) is 1.98. The topological polar surface area (TPSA) is 79.3 Å². The molecule has 0 saturated carbocycles. The van der Waals surface area contributed by atoms with E-state index >= 15 is 0 Å². The lowest BCUT2D eigenvalue weighted by atomic mass is 9.90. The number of carbonyl (C=O) groups excluding carboxylic acids is 2. The van der Waals surface area contributed by atoms with Gasteiger partial charge in [-0.1, -0.05) is 12.1 Å². The Kier molecular flexibility index (Phi) is 6.98. The molecule has 2 heterocycles. The third-order valence-electron chi connectivity index (χ3n) is 4.92. The molecule has 0 radical (unpaired) electrons. The van der Waals surface area contributed by atoms with Gasteiger partial charge in [-0.15, -0.1) is 12.4 Å². The SMILES string of the molecule is CNC(=O)c1ccc(CN(C)C(=O)[C@H]2CNC[C@@H]2c2cnn(C)c2)cc1.Cl. The molecule has 2 N–H and O–H groups in total. The van der Waals surface area contributed by atoms with Crippen LogP contribution in [0.4, 0.5) is 0 Å². The van der Waals surface area contributed by atoms with Gasteiger partial charge in [0, 0.05) is 58.5 Å². The second kappa shape index (κ2) is 9.01. The van der Waals surface area contributed by atoms with Crippen molar-refractivity contribution in [2.75, 3.05) is 27.2 Å². The number of aromatic nitrogens is 2. The Morgan fingerprint density at radius 1 is 1.30 bits per heavy atom. The van der Waals surface area contributed by atoms with Crippen molar-refractivity contribution in [3.63, 3.8) is 0 Å². The minimum atomic E-state index is -0.114. The summed E-state index contributed by atoms with van der Waals surface area (Å²) in [5.41, 5.74) is 2.71. The molecule has 27 heavy (non-hydrogen) atoms. The zero-order valence-electron chi connectivity index (χ0n) is 15.8. The van der Waals surface area contributed by atoms with Gasteiger partial charge in [-0.3, -0.25) is 14.3 Å². The molecule has 0 unspecified atom stereocenters. The first-order valence-corrected chi connectivity index (χ1v) is 8.75. The summed E-state index contributed by atoms with van der Waals surface area (Å²) in [5.74, 6) is 0.0696. The molecule has 2 atom stereocenters. The molecule has 1 aromatic heterocycles. The van der Waals surface area contributed by atoms with Crippen LogP contribution in [-0.4, -0.2) is 53.7 Å². The minimum absolute atomic E-state index is 0. The zero-order chi connectivity index (χ0) is 18.7. The number of hydrogen-bond acceptors (Lipinski definition) is 4. The first-order valence-electron chi connectivity index (χ1n) is 8.75. The predicted octanol–water partition coefficient (Wildman–Crippen LogP) is 1.16. The van der Waals surface area contributed by atoms with Gasteiger partial charge in [-0.05, 0) is 23.3 Å². The van der Waals surface area contributed by atoms with Gasteiger partial charge in [-0.25, -0.2) is 0 Å². The number of benzene rings is 1. The van der Waals surface area contributed by atoms with Gasteiger partial charge in [0.25, 0.3) is 5.91 Å². The van der Waals surface area contributed by atoms with Gasteiger partial charge >= 0.3 is 0 Å². The van der Waals surface area contributed by atoms with Crippen molar-refractivity contribution in [1.29, 1.82) is 0 Å². The maximum Gasteiger partial charge on any atom is 0.251 e. The van der Waals surface area contributed by atoms with Crippen LogP contribution in [-0.2, 0) is 18.4 Å². The van der Waals surface area contributed by atoms with E-state index in [2.05, 4.69) is 15.7 Å². The highest BCUT2D eigenvalue weighted by Crippen LogP contribution is 2.29. The summed E-state index contributed by atoms with van der Waals surface area (Å²) in [4.78, 5) is 26.3. The fourth-order valence-corrected chi connectivity index (χ4v) is 3.46. The van der Waals surface area contributed by atoms with Crippen LogP contribution < -0.4 is 10.6 Å². The number of amides is 2. The van der Waals surface area contributed by atoms with Crippen molar-refractivity contribution in [2.24, 2.45) is 13.0 Å². The lowest BCUT2D eigenvalue weighted by molar-refractivity contribution is -0.134. The van der Waals surface area contributed by atoms with E-state index in [-0.39, 0.29) is 36.1 Å². The molecule has 1 aromatic carbocycles. The number of rotatable bonds is 5. The van der Waals surface area contributed by atoms with Gasteiger partial charge in [0.2, 0.25) is 5.91 Å². The minimum Gasteiger partial charge on any atom is -0.355 e. The molecule has 0 spiro atoms. The second-order valence-electron chi connectivity index (χ2n) is 6.79. The van der Waals surface area contributed by atoms with Crippen LogP contribution in [0.3, 0.4) is 0 Å². The molecule has 0 bridgehead atoms. The number of nitrogens with one attached hydrogen (secondary N) is 2. The van der Waals surface area contributed by atoms with Gasteiger partial charge in [0.15, 0.2) is 0 Å². The number of nitrogens with zero attached hydrogens (tertiary/aromatic N) is 3. The van der Waals surface area contributed by atoms with E-state index in [1.807, 2.05) is 38.6 Å². The Labute approximate surface area is 165 Å². The normalized spacial score (nSPS) is 18.6. The van der Waals surface area contributed by atoms with E-state index in [9.17, 15) is 9.59 Å². The summed E-state index contributed by atoms with van der Waals surface area (Å²) >= 11 is 0. The largest absolute Gasteiger partial charge is 0.355 e. The smallest absolute Gasteiger partial charge is 0.251 e. The van der Waals surface area contributed by atoms with E-state index in [0.717, 1.165) is 17.7 Å². The number of aryl methyl sites for hydroxylation is 1. The molecular formula is C19H26ClN5O2. The molecule has 1 aliphatic heterocycles. The summed E-state index contributed by atoms with van der Waals surface area (Å²) < 4.78 is 1.77. The Balaban J connectivity index is 0.00000261. The highest BCUT2D eigenvalue weighted by atomic mass is 35.5. The summed E-state index contributed by atoms with van der Waals surface area (Å²) in [7, 11) is 5.32. The Bertz CT molecular complexity index is 790. The van der Waals surface area contributed by atoms with Crippen LogP contribution >= 0.6 is 12.4 Å². The molecule has 1 saturated heterocycles. The number of halogens is 1. The number of hydrogen-bond donors (Lipinski definition) is 2. The second-order valence-corrected chi connectivity index (χ2v) is 6.79. The van der Waals surface area contributed by atoms with Crippen LogP contribution in [0.15, 0.2) is 36.7 Å². The molecule has 8 heteroatoms. The molecule has 3 rings (SSSR count). The highest BCUT2D eigenvalue weighted by molar-refractivity contribution is 5.93. The Morgan fingerprint density at radius 3 is 2.59 bits per heavy atom. The van der Waals surface area contributed by atoms with Crippen LogP contribution in [0.25, 0.3) is 0 Å². The van der Waals surface area contributed by atoms with Crippen LogP contribution in [0.1, 0.15) is 27.4 Å². The third-order valence-corrected chi connectivity index (χ3v) is 4.92. The first-order chi connectivity index (χ1) is 12.5. The lowest BCUT2D eigenvalue weighted by Crippen LogP contribution is -2.35. The van der Waals surface area contributed by atoms with Crippen molar-refractivity contribution in [1.82, 2.24) is 25.3 Å². The molecule has 0 aliphatic carbocycles. The molecule has 2 amide bonds. The highest BCUT2D eigenvalue weighted by Gasteiger charge is 2.36. The van der Waals surface area contributed by atoms with Gasteiger partial charge in [-0.2, -0.15) is 5.10 Å². The molecule has 1 aliphatic rings. The fourth-order valence-electron chi connectivity index (χ4n) is 3.46. The fraction of sp³-hybridized carbons (Fsp3) is 0.421. The maximum atomic E-state index is 13.0. The quantitative estimate of drug-likeness (QED) is 0.801. The molecule has 7 nitrogen and oxygen atoms in total. The molecule has 146 valence electrons. The van der Waals surface area contributed by atoms with Crippen molar-refractivity contribution >= 4 is 24.2 Å². The summed E-state index contributed by atoms with van der Waals surface area (Å²) in [6.07, 6.45) is 3.82. The van der Waals surface area contributed by atoms with Crippen molar-refractivity contribution in [3.05, 3.63) is 53.3 Å². The van der Waals surface area contributed by atoms with E-state index in [1.54, 1.807) is 28.8 Å². The monoisotopic (exact) mass is 391 g/mol. The molecule has 2 aromatic rings. The molecule has 1 fully saturated rings. The van der Waals surface area contributed by atoms with Crippen molar-refractivity contribution in [2.45, 2.75) is 12.5 Å². The summed E-state index contributed by atoms with van der Waals surface area (Å²) in [6, 6.07) is 7.34. The lowest BCUT2D eigenvalue weighted by Gasteiger charge is -2.24. The Morgan fingerprint density at radius 2 is 2.00 bits per heavy atom. The zero-order valence-corrected chi connectivity index (χ0v) is 16.6.